The largest absolute Gasteiger partial charge is 0.289 e. The SMILES string of the molecule is O=C(/C=C/c1ccccc1)c1ccccc1.c1ccncc1. The van der Waals surface area contributed by atoms with Gasteiger partial charge in [0.15, 0.2) is 5.78 Å². The maximum Gasteiger partial charge on any atom is 0.185 e. The van der Waals surface area contributed by atoms with E-state index in [1.165, 1.54) is 0 Å². The highest BCUT2D eigenvalue weighted by atomic mass is 16.1. The van der Waals surface area contributed by atoms with Crippen LogP contribution in [0.5, 0.6) is 0 Å². The van der Waals surface area contributed by atoms with Gasteiger partial charge in [0.2, 0.25) is 0 Å². The molecule has 1 aromatic heterocycles. The van der Waals surface area contributed by atoms with Gasteiger partial charge < -0.3 is 0 Å². The van der Waals surface area contributed by atoms with Crippen molar-refractivity contribution in [2.75, 3.05) is 0 Å². The summed E-state index contributed by atoms with van der Waals surface area (Å²) in [7, 11) is 0. The van der Waals surface area contributed by atoms with Crippen molar-refractivity contribution in [1.29, 1.82) is 0 Å². The number of ketones is 1. The molecule has 3 rings (SSSR count). The predicted octanol–water partition coefficient (Wildman–Crippen LogP) is 4.66. The molecule has 22 heavy (non-hydrogen) atoms. The number of hydrogen-bond acceptors (Lipinski definition) is 2. The summed E-state index contributed by atoms with van der Waals surface area (Å²) < 4.78 is 0. The normalized spacial score (nSPS) is 9.82. The Morgan fingerprint density at radius 2 is 1.27 bits per heavy atom. The van der Waals surface area contributed by atoms with E-state index >= 15 is 0 Å². The third-order valence-corrected chi connectivity index (χ3v) is 2.85. The van der Waals surface area contributed by atoms with Crippen LogP contribution in [0.1, 0.15) is 15.9 Å². The first-order valence-corrected chi connectivity index (χ1v) is 7.04. The van der Waals surface area contributed by atoms with E-state index < -0.39 is 0 Å². The van der Waals surface area contributed by atoms with Gasteiger partial charge in [0.1, 0.15) is 0 Å². The summed E-state index contributed by atoms with van der Waals surface area (Å²) in [6, 6.07) is 24.8. The molecule has 108 valence electrons. The van der Waals surface area contributed by atoms with E-state index in [0.29, 0.717) is 0 Å². The molecule has 2 heteroatoms. The second-order valence-corrected chi connectivity index (χ2v) is 4.50. The van der Waals surface area contributed by atoms with Gasteiger partial charge in [-0.2, -0.15) is 0 Å². The van der Waals surface area contributed by atoms with Crippen LogP contribution < -0.4 is 0 Å². The number of aromatic nitrogens is 1. The van der Waals surface area contributed by atoms with Gasteiger partial charge in [0.25, 0.3) is 0 Å². The Morgan fingerprint density at radius 3 is 1.77 bits per heavy atom. The molecular weight excluding hydrogens is 270 g/mol. The quantitative estimate of drug-likeness (QED) is 0.518. The Bertz CT molecular complexity index is 665. The van der Waals surface area contributed by atoms with Crippen LogP contribution in [-0.2, 0) is 0 Å². The highest BCUT2D eigenvalue weighted by molar-refractivity contribution is 6.06. The molecule has 0 amide bonds. The van der Waals surface area contributed by atoms with E-state index in [9.17, 15) is 4.79 Å². The summed E-state index contributed by atoms with van der Waals surface area (Å²) >= 11 is 0. The maximum absolute atomic E-state index is 11.7. The van der Waals surface area contributed by atoms with Gasteiger partial charge in [-0.3, -0.25) is 9.78 Å². The molecule has 0 N–H and O–H groups in total. The number of allylic oxidation sites excluding steroid dienone is 1. The third kappa shape index (κ3) is 5.55. The highest BCUT2D eigenvalue weighted by Gasteiger charge is 1.98. The van der Waals surface area contributed by atoms with Gasteiger partial charge in [0.05, 0.1) is 0 Å². The smallest absolute Gasteiger partial charge is 0.185 e. The summed E-state index contributed by atoms with van der Waals surface area (Å²) in [5.41, 5.74) is 1.75. The first-order chi connectivity index (χ1) is 10.9. The topological polar surface area (TPSA) is 30.0 Å². The molecule has 0 saturated carbocycles. The van der Waals surface area contributed by atoms with Crippen LogP contribution in [0.2, 0.25) is 0 Å². The van der Waals surface area contributed by atoms with E-state index in [-0.39, 0.29) is 5.78 Å². The molecule has 0 fully saturated rings. The Kier molecular flexibility index (Phi) is 6.32. The number of nitrogens with zero attached hydrogens (tertiary/aromatic N) is 1. The second kappa shape index (κ2) is 9.03. The summed E-state index contributed by atoms with van der Waals surface area (Å²) in [5.74, 6) is 0.0319. The monoisotopic (exact) mass is 287 g/mol. The minimum atomic E-state index is 0.0319. The van der Waals surface area contributed by atoms with Crippen molar-refractivity contribution in [1.82, 2.24) is 4.98 Å². The lowest BCUT2D eigenvalue weighted by Gasteiger charge is -1.94. The van der Waals surface area contributed by atoms with Crippen molar-refractivity contribution in [3.05, 3.63) is 108 Å². The van der Waals surface area contributed by atoms with Crippen molar-refractivity contribution in [2.24, 2.45) is 0 Å². The average Bonchev–Trinajstić information content (AvgIpc) is 2.63. The van der Waals surface area contributed by atoms with Crippen molar-refractivity contribution in [3.8, 4) is 0 Å². The standard InChI is InChI=1S/C15H12O.C5H5N/c16-15(14-9-5-2-6-10-14)12-11-13-7-3-1-4-8-13;1-2-4-6-5-3-1/h1-12H;1-5H/b12-11+;. The van der Waals surface area contributed by atoms with Crippen molar-refractivity contribution in [3.63, 3.8) is 0 Å². The van der Waals surface area contributed by atoms with Crippen LogP contribution in [0.4, 0.5) is 0 Å². The van der Waals surface area contributed by atoms with Gasteiger partial charge in [-0.15, -0.1) is 0 Å². The predicted molar refractivity (Wildman–Crippen MR) is 90.5 cm³/mol. The molecule has 2 aromatic carbocycles. The number of benzene rings is 2. The van der Waals surface area contributed by atoms with Crippen molar-refractivity contribution in [2.45, 2.75) is 0 Å². The van der Waals surface area contributed by atoms with Gasteiger partial charge in [-0.25, -0.2) is 0 Å². The fourth-order valence-corrected chi connectivity index (χ4v) is 1.75. The molecule has 2 nitrogen and oxygen atoms in total. The van der Waals surface area contributed by atoms with E-state index in [2.05, 4.69) is 4.98 Å². The molecule has 3 aromatic rings. The molecule has 0 atom stereocenters. The van der Waals surface area contributed by atoms with Gasteiger partial charge in [0, 0.05) is 18.0 Å². The minimum Gasteiger partial charge on any atom is -0.289 e. The minimum absolute atomic E-state index is 0.0319. The molecule has 0 aliphatic heterocycles. The molecule has 1 heterocycles. The van der Waals surface area contributed by atoms with Crippen LogP contribution >= 0.6 is 0 Å². The molecule has 0 radical (unpaired) electrons. The Balaban J connectivity index is 0.000000246. The van der Waals surface area contributed by atoms with Crippen LogP contribution in [0.3, 0.4) is 0 Å². The van der Waals surface area contributed by atoms with E-state index in [1.54, 1.807) is 18.5 Å². The average molecular weight is 287 g/mol. The molecular formula is C20H17NO. The second-order valence-electron chi connectivity index (χ2n) is 4.50. The number of carbonyl (C=O) groups is 1. The zero-order valence-electron chi connectivity index (χ0n) is 12.2. The van der Waals surface area contributed by atoms with E-state index in [4.69, 9.17) is 0 Å². The van der Waals surface area contributed by atoms with Gasteiger partial charge >= 0.3 is 0 Å². The molecule has 0 aliphatic carbocycles. The summed E-state index contributed by atoms with van der Waals surface area (Å²) in [5, 5.41) is 0. The molecule has 0 saturated heterocycles. The Hall–Kier alpha value is -3.00. The van der Waals surface area contributed by atoms with Crippen LogP contribution in [0.15, 0.2) is 97.3 Å². The summed E-state index contributed by atoms with van der Waals surface area (Å²) in [6.07, 6.45) is 6.93. The van der Waals surface area contributed by atoms with Gasteiger partial charge in [-0.05, 0) is 23.8 Å². The lowest BCUT2D eigenvalue weighted by molar-refractivity contribution is 0.104. The summed E-state index contributed by atoms with van der Waals surface area (Å²) in [4.78, 5) is 15.5. The number of pyridine rings is 1. The van der Waals surface area contributed by atoms with E-state index in [1.807, 2.05) is 84.9 Å². The number of hydrogen-bond donors (Lipinski definition) is 0. The van der Waals surface area contributed by atoms with Crippen LogP contribution in [-0.4, -0.2) is 10.8 Å². The van der Waals surface area contributed by atoms with Crippen LogP contribution in [0.25, 0.3) is 6.08 Å². The number of carbonyl (C=O) groups excluding carboxylic acids is 1. The fourth-order valence-electron chi connectivity index (χ4n) is 1.75. The van der Waals surface area contributed by atoms with Gasteiger partial charge in [-0.1, -0.05) is 72.8 Å². The maximum atomic E-state index is 11.7. The van der Waals surface area contributed by atoms with Crippen molar-refractivity contribution >= 4 is 11.9 Å². The first-order valence-electron chi connectivity index (χ1n) is 7.04. The molecule has 0 spiro atoms. The Labute approximate surface area is 130 Å². The first kappa shape index (κ1) is 15.4. The van der Waals surface area contributed by atoms with Crippen LogP contribution in [0, 0.1) is 0 Å². The van der Waals surface area contributed by atoms with E-state index in [0.717, 1.165) is 11.1 Å². The lowest BCUT2D eigenvalue weighted by atomic mass is 10.1. The molecule has 0 unspecified atom stereocenters. The fraction of sp³-hybridized carbons (Fsp3) is 0. The highest BCUT2D eigenvalue weighted by Crippen LogP contribution is 2.05. The lowest BCUT2D eigenvalue weighted by Crippen LogP contribution is -1.92. The summed E-state index contributed by atoms with van der Waals surface area (Å²) in [6.45, 7) is 0. The zero-order chi connectivity index (χ0) is 15.5. The molecule has 0 bridgehead atoms. The third-order valence-electron chi connectivity index (χ3n) is 2.85. The zero-order valence-corrected chi connectivity index (χ0v) is 12.2. The molecule has 0 aliphatic rings. The number of rotatable bonds is 3. The van der Waals surface area contributed by atoms with Crippen molar-refractivity contribution < 1.29 is 4.79 Å². The Morgan fingerprint density at radius 1 is 0.727 bits per heavy atom.